The molecule has 0 bridgehead atoms. The maximum absolute atomic E-state index is 10.8. The van der Waals surface area contributed by atoms with Crippen LogP contribution in [0, 0.1) is 10.1 Å². The van der Waals surface area contributed by atoms with Gasteiger partial charge in [0.2, 0.25) is 0 Å². The first-order valence-electron chi connectivity index (χ1n) is 4.45. The summed E-state index contributed by atoms with van der Waals surface area (Å²) in [7, 11) is 0. The summed E-state index contributed by atoms with van der Waals surface area (Å²) in [5.74, 6) is 0.0744. The molecule has 1 aromatic carbocycles. The highest BCUT2D eigenvalue weighted by Gasteiger charge is 2.24. The SMILES string of the molecule is CC(C)(C=O)Oc1ccc(Br)cc1[N+](=O)[O-]. The smallest absolute Gasteiger partial charge is 0.312 e. The molecule has 0 aliphatic heterocycles. The molecule has 0 radical (unpaired) electrons. The van der Waals surface area contributed by atoms with Crippen molar-refractivity contribution in [3.05, 3.63) is 32.8 Å². The van der Waals surface area contributed by atoms with Gasteiger partial charge in [0.15, 0.2) is 17.6 Å². The maximum Gasteiger partial charge on any atom is 0.312 e. The highest BCUT2D eigenvalue weighted by atomic mass is 79.9. The van der Waals surface area contributed by atoms with E-state index < -0.39 is 10.5 Å². The Morgan fingerprint density at radius 1 is 1.50 bits per heavy atom. The molecule has 0 fully saturated rings. The molecule has 0 amide bonds. The summed E-state index contributed by atoms with van der Waals surface area (Å²) >= 11 is 3.13. The third-order valence-corrected chi connectivity index (χ3v) is 2.27. The van der Waals surface area contributed by atoms with Crippen LogP contribution in [0.1, 0.15) is 13.8 Å². The summed E-state index contributed by atoms with van der Waals surface area (Å²) in [5, 5.41) is 10.8. The second-order valence-corrected chi connectivity index (χ2v) is 4.61. The van der Waals surface area contributed by atoms with E-state index in [-0.39, 0.29) is 11.4 Å². The van der Waals surface area contributed by atoms with Gasteiger partial charge in [0.1, 0.15) is 0 Å². The summed E-state index contributed by atoms with van der Waals surface area (Å²) < 4.78 is 5.85. The standard InChI is InChI=1S/C10H10BrNO4/c1-10(2,6-13)16-9-4-3-7(11)5-8(9)12(14)15/h3-6H,1-2H3. The van der Waals surface area contributed by atoms with Gasteiger partial charge >= 0.3 is 5.69 Å². The number of hydrogen-bond acceptors (Lipinski definition) is 4. The zero-order chi connectivity index (χ0) is 12.3. The molecule has 0 aromatic heterocycles. The van der Waals surface area contributed by atoms with Crippen molar-refractivity contribution in [3.8, 4) is 5.75 Å². The number of aldehydes is 1. The minimum absolute atomic E-state index is 0.0744. The van der Waals surface area contributed by atoms with Crippen LogP contribution in [0.15, 0.2) is 22.7 Å². The van der Waals surface area contributed by atoms with Gasteiger partial charge in [0.25, 0.3) is 0 Å². The Hall–Kier alpha value is -1.43. The lowest BCUT2D eigenvalue weighted by Gasteiger charge is -2.19. The number of nitro benzene ring substituents is 1. The monoisotopic (exact) mass is 287 g/mol. The van der Waals surface area contributed by atoms with Crippen LogP contribution in [0.4, 0.5) is 5.69 Å². The normalized spacial score (nSPS) is 10.9. The fourth-order valence-electron chi connectivity index (χ4n) is 1.03. The number of hydrogen-bond donors (Lipinski definition) is 0. The minimum Gasteiger partial charge on any atom is -0.473 e. The van der Waals surface area contributed by atoms with Gasteiger partial charge in [-0.1, -0.05) is 15.9 Å². The zero-order valence-electron chi connectivity index (χ0n) is 8.77. The molecule has 0 saturated carbocycles. The van der Waals surface area contributed by atoms with Gasteiger partial charge in [0.05, 0.1) is 4.92 Å². The van der Waals surface area contributed by atoms with Crippen molar-refractivity contribution in [2.24, 2.45) is 0 Å². The Morgan fingerprint density at radius 3 is 2.62 bits per heavy atom. The van der Waals surface area contributed by atoms with E-state index in [1.807, 2.05) is 0 Å². The fraction of sp³-hybridized carbons (Fsp3) is 0.300. The molecule has 0 aliphatic rings. The number of nitro groups is 1. The van der Waals surface area contributed by atoms with Crippen LogP contribution < -0.4 is 4.74 Å². The van der Waals surface area contributed by atoms with Crippen LogP contribution >= 0.6 is 15.9 Å². The van der Waals surface area contributed by atoms with E-state index in [0.717, 1.165) is 0 Å². The molecule has 6 heteroatoms. The van der Waals surface area contributed by atoms with E-state index >= 15 is 0 Å². The minimum atomic E-state index is -1.08. The highest BCUT2D eigenvalue weighted by Crippen LogP contribution is 2.32. The molecule has 16 heavy (non-hydrogen) atoms. The molecule has 0 unspecified atom stereocenters. The summed E-state index contributed by atoms with van der Waals surface area (Å²) in [5.41, 5.74) is -1.26. The van der Waals surface area contributed by atoms with Crippen molar-refractivity contribution in [2.75, 3.05) is 0 Å². The van der Waals surface area contributed by atoms with E-state index in [4.69, 9.17) is 4.74 Å². The van der Waals surface area contributed by atoms with E-state index in [1.165, 1.54) is 26.0 Å². The molecule has 1 aromatic rings. The van der Waals surface area contributed by atoms with E-state index in [9.17, 15) is 14.9 Å². The number of benzene rings is 1. The highest BCUT2D eigenvalue weighted by molar-refractivity contribution is 9.10. The average Bonchev–Trinajstić information content (AvgIpc) is 2.20. The Bertz CT molecular complexity index is 431. The molecule has 0 atom stereocenters. The fourth-order valence-corrected chi connectivity index (χ4v) is 1.38. The molecule has 0 aliphatic carbocycles. The van der Waals surface area contributed by atoms with Crippen molar-refractivity contribution >= 4 is 27.9 Å². The predicted octanol–water partition coefficient (Wildman–Crippen LogP) is 2.71. The van der Waals surface area contributed by atoms with Crippen LogP contribution in [0.5, 0.6) is 5.75 Å². The summed E-state index contributed by atoms with van der Waals surface area (Å²) in [6.07, 6.45) is 0.596. The van der Waals surface area contributed by atoms with Gasteiger partial charge in [-0.25, -0.2) is 0 Å². The third-order valence-electron chi connectivity index (χ3n) is 1.77. The number of ether oxygens (including phenoxy) is 1. The molecule has 5 nitrogen and oxygen atoms in total. The topological polar surface area (TPSA) is 69.4 Å². The van der Waals surface area contributed by atoms with E-state index in [2.05, 4.69) is 15.9 Å². The Morgan fingerprint density at radius 2 is 2.12 bits per heavy atom. The Labute approximate surface area is 101 Å². The van der Waals surface area contributed by atoms with Crippen LogP contribution in [0.3, 0.4) is 0 Å². The molecule has 0 saturated heterocycles. The number of carbonyl (C=O) groups is 1. The Balaban J connectivity index is 3.13. The first-order valence-corrected chi connectivity index (χ1v) is 5.24. The molecule has 1 rings (SSSR count). The van der Waals surface area contributed by atoms with Gasteiger partial charge < -0.3 is 4.74 Å². The molecule has 0 N–H and O–H groups in total. The van der Waals surface area contributed by atoms with E-state index in [1.54, 1.807) is 6.07 Å². The van der Waals surface area contributed by atoms with Crippen molar-refractivity contribution in [2.45, 2.75) is 19.4 Å². The van der Waals surface area contributed by atoms with Gasteiger partial charge in [-0.05, 0) is 26.0 Å². The number of halogens is 1. The first kappa shape index (κ1) is 12.6. The zero-order valence-corrected chi connectivity index (χ0v) is 10.4. The van der Waals surface area contributed by atoms with Gasteiger partial charge in [0, 0.05) is 10.5 Å². The lowest BCUT2D eigenvalue weighted by molar-refractivity contribution is -0.386. The molecule has 0 spiro atoms. The quantitative estimate of drug-likeness (QED) is 0.485. The van der Waals surface area contributed by atoms with E-state index in [0.29, 0.717) is 10.8 Å². The second kappa shape index (κ2) is 4.61. The maximum atomic E-state index is 10.8. The molecular weight excluding hydrogens is 278 g/mol. The van der Waals surface area contributed by atoms with Crippen molar-refractivity contribution in [1.82, 2.24) is 0 Å². The van der Waals surface area contributed by atoms with Crippen molar-refractivity contribution < 1.29 is 14.5 Å². The van der Waals surface area contributed by atoms with Crippen LogP contribution in [-0.2, 0) is 4.79 Å². The van der Waals surface area contributed by atoms with Crippen LogP contribution in [0.25, 0.3) is 0 Å². The third kappa shape index (κ3) is 3.03. The summed E-state index contributed by atoms with van der Waals surface area (Å²) in [4.78, 5) is 20.9. The van der Waals surface area contributed by atoms with Gasteiger partial charge in [-0.15, -0.1) is 0 Å². The number of carbonyl (C=O) groups excluding carboxylic acids is 1. The van der Waals surface area contributed by atoms with Gasteiger partial charge in [-0.2, -0.15) is 0 Å². The molecule has 0 heterocycles. The van der Waals surface area contributed by atoms with Crippen molar-refractivity contribution in [1.29, 1.82) is 0 Å². The summed E-state index contributed by atoms with van der Waals surface area (Å²) in [6.45, 7) is 3.07. The summed E-state index contributed by atoms with van der Waals surface area (Å²) in [6, 6.07) is 4.40. The molecule has 86 valence electrons. The van der Waals surface area contributed by atoms with Crippen LogP contribution in [0.2, 0.25) is 0 Å². The van der Waals surface area contributed by atoms with Crippen LogP contribution in [-0.4, -0.2) is 16.8 Å². The van der Waals surface area contributed by atoms with Crippen molar-refractivity contribution in [3.63, 3.8) is 0 Å². The number of nitrogens with zero attached hydrogens (tertiary/aromatic N) is 1. The lowest BCUT2D eigenvalue weighted by Crippen LogP contribution is -2.30. The average molecular weight is 288 g/mol. The second-order valence-electron chi connectivity index (χ2n) is 3.69. The Kier molecular flexibility index (Phi) is 3.64. The lowest BCUT2D eigenvalue weighted by atomic mass is 10.1. The molecular formula is C10H10BrNO4. The van der Waals surface area contributed by atoms with Gasteiger partial charge in [-0.3, -0.25) is 14.9 Å². The first-order chi connectivity index (χ1) is 7.35. The predicted molar refractivity (Wildman–Crippen MR) is 61.6 cm³/mol. The number of rotatable bonds is 4. The largest absolute Gasteiger partial charge is 0.473 e.